The van der Waals surface area contributed by atoms with Crippen molar-refractivity contribution in [3.8, 4) is 0 Å². The number of hydrogen-bond donors (Lipinski definition) is 4. The Kier molecular flexibility index (Phi) is 7.23. The summed E-state index contributed by atoms with van der Waals surface area (Å²) in [5.74, 6) is 2.05. The van der Waals surface area contributed by atoms with Crippen LogP contribution >= 0.6 is 23.9 Å². The van der Waals surface area contributed by atoms with E-state index in [4.69, 9.17) is 0 Å². The molecule has 4 heterocycles. The molecule has 2 aromatic carbocycles. The second kappa shape index (κ2) is 9.97. The van der Waals surface area contributed by atoms with Crippen LogP contribution in [0.5, 0.6) is 0 Å². The van der Waals surface area contributed by atoms with Crippen LogP contribution in [0.4, 0.5) is 11.4 Å². The number of rotatable bonds is 4. The van der Waals surface area contributed by atoms with Crippen LogP contribution in [0.2, 0.25) is 0 Å². The van der Waals surface area contributed by atoms with Crippen molar-refractivity contribution in [1.82, 2.24) is 19.3 Å². The fraction of sp³-hybridized carbons (Fsp3) is 0.364. The molecule has 33 heavy (non-hydrogen) atoms. The van der Waals surface area contributed by atoms with E-state index in [2.05, 4.69) is 82.2 Å². The van der Waals surface area contributed by atoms with Gasteiger partial charge in [0.25, 0.3) is 0 Å². The molecule has 2 aromatic heterocycles. The van der Waals surface area contributed by atoms with Crippen LogP contribution in [0, 0.1) is 0 Å². The number of anilines is 2. The second-order valence-corrected chi connectivity index (χ2v) is 10.1. The molecular formula is C22H28CuN8S2. The van der Waals surface area contributed by atoms with Crippen molar-refractivity contribution in [2.75, 3.05) is 20.3 Å². The van der Waals surface area contributed by atoms with Crippen molar-refractivity contribution in [1.29, 1.82) is 0 Å². The van der Waals surface area contributed by atoms with Gasteiger partial charge in [-0.2, -0.15) is 0 Å². The Balaban J connectivity index is 0.000000152. The van der Waals surface area contributed by atoms with Crippen LogP contribution in [-0.4, -0.2) is 31.4 Å². The summed E-state index contributed by atoms with van der Waals surface area (Å²) in [6.07, 6.45) is 3.69. The minimum absolute atomic E-state index is 0. The quantitative estimate of drug-likeness (QED) is 0.213. The molecule has 2 aliphatic heterocycles. The van der Waals surface area contributed by atoms with Crippen LogP contribution in [-0.2, 0) is 28.6 Å². The summed E-state index contributed by atoms with van der Waals surface area (Å²) in [4.78, 5) is 8.80. The van der Waals surface area contributed by atoms with Crippen molar-refractivity contribution in [3.05, 3.63) is 48.0 Å². The van der Waals surface area contributed by atoms with Gasteiger partial charge in [0, 0.05) is 40.7 Å². The van der Waals surface area contributed by atoms with E-state index in [0.29, 0.717) is 12.1 Å². The second-order valence-electron chi connectivity index (χ2n) is 8.51. The largest absolute Gasteiger partial charge is 0.327 e. The average Bonchev–Trinajstić information content (AvgIpc) is 3.52. The van der Waals surface area contributed by atoms with Crippen molar-refractivity contribution in [3.63, 3.8) is 0 Å². The molecule has 0 bridgehead atoms. The Bertz CT molecular complexity index is 1170. The maximum absolute atomic E-state index is 4.40. The van der Waals surface area contributed by atoms with Gasteiger partial charge in [0.15, 0.2) is 0 Å². The van der Waals surface area contributed by atoms with Crippen LogP contribution in [0.25, 0.3) is 22.1 Å². The van der Waals surface area contributed by atoms with E-state index in [1.807, 2.05) is 22.0 Å². The Morgan fingerprint density at radius 3 is 1.58 bits per heavy atom. The molecule has 0 amide bonds. The van der Waals surface area contributed by atoms with Crippen LogP contribution in [0.1, 0.15) is 38.8 Å². The number of hydrogen-bond acceptors (Lipinski definition) is 8. The number of fused-ring (bicyclic) bond motifs is 6. The molecule has 4 N–H and O–H groups in total. The first kappa shape index (κ1) is 23.9. The SMILES string of the molecule is CC(C)Nn1cnc2ccc3c(c21)NSC3.CC(C)Nn1cnc2ccc3c(c21)NSC3.[Cu]. The Morgan fingerprint density at radius 2 is 1.18 bits per heavy atom. The molecule has 0 aliphatic carbocycles. The Labute approximate surface area is 212 Å². The molecule has 2 aliphatic rings. The van der Waals surface area contributed by atoms with E-state index in [1.165, 1.54) is 22.5 Å². The maximum Gasteiger partial charge on any atom is 0.115 e. The van der Waals surface area contributed by atoms with Gasteiger partial charge in [-0.05, 0) is 74.9 Å². The summed E-state index contributed by atoms with van der Waals surface area (Å²) >= 11 is 3.46. The van der Waals surface area contributed by atoms with Gasteiger partial charge in [0.1, 0.15) is 23.7 Å². The van der Waals surface area contributed by atoms with Gasteiger partial charge in [-0.25, -0.2) is 19.3 Å². The number of aromatic nitrogens is 4. The van der Waals surface area contributed by atoms with Gasteiger partial charge in [-0.1, -0.05) is 12.1 Å². The molecule has 6 rings (SSSR count). The normalized spacial score (nSPS) is 13.8. The van der Waals surface area contributed by atoms with Gasteiger partial charge in [-0.3, -0.25) is 0 Å². The third-order valence-electron chi connectivity index (χ3n) is 5.19. The molecule has 1 radical (unpaired) electrons. The fourth-order valence-electron chi connectivity index (χ4n) is 3.89. The van der Waals surface area contributed by atoms with Crippen LogP contribution < -0.4 is 20.3 Å². The molecule has 0 unspecified atom stereocenters. The van der Waals surface area contributed by atoms with Crippen LogP contribution in [0.3, 0.4) is 0 Å². The number of nitrogens with one attached hydrogen (secondary N) is 4. The summed E-state index contributed by atoms with van der Waals surface area (Å²) in [5, 5.41) is 0. The van der Waals surface area contributed by atoms with Gasteiger partial charge >= 0.3 is 0 Å². The average molecular weight is 532 g/mol. The fourth-order valence-corrected chi connectivity index (χ4v) is 5.57. The number of nitrogens with zero attached hydrogens (tertiary/aromatic N) is 4. The first-order chi connectivity index (χ1) is 15.5. The minimum Gasteiger partial charge on any atom is -0.327 e. The summed E-state index contributed by atoms with van der Waals surface area (Å²) in [7, 11) is 0. The summed E-state index contributed by atoms with van der Waals surface area (Å²) in [6.45, 7) is 8.49. The van der Waals surface area contributed by atoms with E-state index in [9.17, 15) is 0 Å². The van der Waals surface area contributed by atoms with Crippen molar-refractivity contribution >= 4 is 57.3 Å². The van der Waals surface area contributed by atoms with E-state index in [0.717, 1.165) is 33.6 Å². The topological polar surface area (TPSA) is 83.8 Å². The monoisotopic (exact) mass is 531 g/mol. The summed E-state index contributed by atoms with van der Waals surface area (Å²) in [6, 6.07) is 9.25. The zero-order valence-electron chi connectivity index (χ0n) is 18.9. The van der Waals surface area contributed by atoms with E-state index >= 15 is 0 Å². The third-order valence-corrected chi connectivity index (χ3v) is 6.80. The molecule has 0 saturated heterocycles. The van der Waals surface area contributed by atoms with Gasteiger partial charge in [-0.15, -0.1) is 0 Å². The number of benzene rings is 2. The molecule has 179 valence electrons. The molecular weight excluding hydrogens is 504 g/mol. The zero-order valence-corrected chi connectivity index (χ0v) is 21.5. The van der Waals surface area contributed by atoms with Crippen LogP contribution in [0.15, 0.2) is 36.9 Å². The first-order valence-corrected chi connectivity index (χ1v) is 12.7. The molecule has 0 fully saturated rings. The van der Waals surface area contributed by atoms with Crippen molar-refractivity contribution in [2.24, 2.45) is 0 Å². The molecule has 4 aromatic rings. The smallest absolute Gasteiger partial charge is 0.115 e. The van der Waals surface area contributed by atoms with Gasteiger partial charge in [0.2, 0.25) is 0 Å². The van der Waals surface area contributed by atoms with E-state index < -0.39 is 0 Å². The zero-order chi connectivity index (χ0) is 22.2. The van der Waals surface area contributed by atoms with Gasteiger partial charge < -0.3 is 20.3 Å². The first-order valence-electron chi connectivity index (χ1n) is 10.8. The molecule has 11 heteroatoms. The molecule has 8 nitrogen and oxygen atoms in total. The summed E-state index contributed by atoms with van der Waals surface area (Å²) in [5.41, 5.74) is 16.2. The van der Waals surface area contributed by atoms with Crippen molar-refractivity contribution < 1.29 is 17.1 Å². The molecule has 0 atom stereocenters. The standard InChI is InChI=1S/2C11H14N4S.Cu/c2*1-7(2)13-15-6-12-9-4-3-8-5-16-14-10(8)11(9)15;/h2*3-4,6-7,13-14H,5H2,1-2H3;. The van der Waals surface area contributed by atoms with Gasteiger partial charge in [0.05, 0.1) is 22.4 Å². The molecule has 0 spiro atoms. The Hall–Kier alpha value is -2.20. The predicted molar refractivity (Wildman–Crippen MR) is 138 cm³/mol. The predicted octanol–water partition coefficient (Wildman–Crippen LogP) is 5.12. The van der Waals surface area contributed by atoms with E-state index in [-0.39, 0.29) is 17.1 Å². The maximum atomic E-state index is 4.40. The third kappa shape index (κ3) is 4.73. The molecule has 0 saturated carbocycles. The minimum atomic E-state index is 0. The Morgan fingerprint density at radius 1 is 0.758 bits per heavy atom. The number of imidazole rings is 2. The van der Waals surface area contributed by atoms with E-state index in [1.54, 1.807) is 23.9 Å². The van der Waals surface area contributed by atoms with Crippen molar-refractivity contribution in [2.45, 2.75) is 51.3 Å². The summed E-state index contributed by atoms with van der Waals surface area (Å²) < 4.78 is 10.7.